The number of rotatable bonds is 4. The first-order valence-corrected chi connectivity index (χ1v) is 8.92. The van der Waals surface area contributed by atoms with E-state index in [1.54, 1.807) is 27.8 Å². The van der Waals surface area contributed by atoms with Gasteiger partial charge in [-0.3, -0.25) is 4.68 Å². The highest BCUT2D eigenvalue weighted by Crippen LogP contribution is 2.32. The van der Waals surface area contributed by atoms with Crippen LogP contribution in [0, 0.1) is 6.92 Å². The zero-order valence-corrected chi connectivity index (χ0v) is 14.8. The number of aromatic nitrogens is 4. The van der Waals surface area contributed by atoms with Crippen LogP contribution in [0.1, 0.15) is 11.3 Å². The molecule has 0 unspecified atom stereocenters. The molecular formula is C14H13BrN4S2. The molecule has 108 valence electrons. The van der Waals surface area contributed by atoms with E-state index in [-0.39, 0.29) is 0 Å². The number of thioether (sulfide) groups is 1. The minimum Gasteiger partial charge on any atom is -0.275 e. The summed E-state index contributed by atoms with van der Waals surface area (Å²) in [6.07, 6.45) is 1.99. The van der Waals surface area contributed by atoms with Crippen molar-refractivity contribution in [2.75, 3.05) is 0 Å². The lowest BCUT2D eigenvalue weighted by Crippen LogP contribution is -1.86. The lowest BCUT2D eigenvalue weighted by atomic mass is 10.2. The monoisotopic (exact) mass is 380 g/mol. The van der Waals surface area contributed by atoms with E-state index < -0.39 is 0 Å². The van der Waals surface area contributed by atoms with Gasteiger partial charge >= 0.3 is 0 Å². The van der Waals surface area contributed by atoms with Crippen molar-refractivity contribution in [2.24, 2.45) is 7.05 Å². The first kappa shape index (κ1) is 14.7. The summed E-state index contributed by atoms with van der Waals surface area (Å²) in [5.41, 5.74) is 3.32. The van der Waals surface area contributed by atoms with Crippen LogP contribution in [0.2, 0.25) is 0 Å². The average molecular weight is 381 g/mol. The fraction of sp³-hybridized carbons (Fsp3) is 0.214. The van der Waals surface area contributed by atoms with E-state index in [1.165, 1.54) is 5.56 Å². The molecule has 0 aliphatic carbocycles. The maximum atomic E-state index is 4.34. The molecule has 21 heavy (non-hydrogen) atoms. The Morgan fingerprint density at radius 3 is 2.67 bits per heavy atom. The standard InChI is InChI=1S/C14H13BrN4S2/c1-9-12(7-19(2)18-9)13-16-17-14(21-13)20-8-10-3-5-11(15)6-4-10/h3-7H,8H2,1-2H3. The van der Waals surface area contributed by atoms with E-state index in [1.807, 2.05) is 20.2 Å². The van der Waals surface area contributed by atoms with Gasteiger partial charge in [0.1, 0.15) is 0 Å². The highest BCUT2D eigenvalue weighted by molar-refractivity contribution is 9.10. The summed E-state index contributed by atoms with van der Waals surface area (Å²) in [7, 11) is 1.92. The van der Waals surface area contributed by atoms with Gasteiger partial charge in [0.2, 0.25) is 0 Å². The zero-order chi connectivity index (χ0) is 14.8. The van der Waals surface area contributed by atoms with Crippen molar-refractivity contribution in [3.63, 3.8) is 0 Å². The molecule has 2 heterocycles. The number of benzene rings is 1. The Morgan fingerprint density at radius 2 is 2.00 bits per heavy atom. The SMILES string of the molecule is Cc1nn(C)cc1-c1nnc(SCc2ccc(Br)cc2)s1. The van der Waals surface area contributed by atoms with E-state index in [0.29, 0.717) is 0 Å². The molecule has 0 atom stereocenters. The lowest BCUT2D eigenvalue weighted by Gasteiger charge is -1.98. The van der Waals surface area contributed by atoms with Crippen LogP contribution < -0.4 is 0 Å². The summed E-state index contributed by atoms with van der Waals surface area (Å²) in [5.74, 6) is 0.897. The number of aryl methyl sites for hydroxylation is 2. The van der Waals surface area contributed by atoms with Gasteiger partial charge in [-0.15, -0.1) is 10.2 Å². The minimum absolute atomic E-state index is 0.897. The molecule has 4 nitrogen and oxygen atoms in total. The maximum absolute atomic E-state index is 4.34. The van der Waals surface area contributed by atoms with Crippen LogP contribution in [0.5, 0.6) is 0 Å². The van der Waals surface area contributed by atoms with E-state index >= 15 is 0 Å². The van der Waals surface area contributed by atoms with Gasteiger partial charge in [-0.25, -0.2) is 0 Å². The van der Waals surface area contributed by atoms with Gasteiger partial charge in [-0.1, -0.05) is 51.2 Å². The van der Waals surface area contributed by atoms with Gasteiger partial charge in [0.25, 0.3) is 0 Å². The van der Waals surface area contributed by atoms with Crippen LogP contribution in [0.25, 0.3) is 10.6 Å². The van der Waals surface area contributed by atoms with Crippen LogP contribution in [-0.2, 0) is 12.8 Å². The van der Waals surface area contributed by atoms with Gasteiger partial charge in [0.15, 0.2) is 9.35 Å². The molecule has 0 bridgehead atoms. The van der Waals surface area contributed by atoms with E-state index in [2.05, 4.69) is 55.5 Å². The fourth-order valence-electron chi connectivity index (χ4n) is 1.91. The number of hydrogen-bond acceptors (Lipinski definition) is 5. The van der Waals surface area contributed by atoms with Gasteiger partial charge < -0.3 is 0 Å². The molecule has 0 saturated heterocycles. The quantitative estimate of drug-likeness (QED) is 0.632. The van der Waals surface area contributed by atoms with Gasteiger partial charge in [0.05, 0.1) is 11.3 Å². The molecule has 0 aliphatic rings. The highest BCUT2D eigenvalue weighted by atomic mass is 79.9. The number of hydrogen-bond donors (Lipinski definition) is 0. The van der Waals surface area contributed by atoms with Crippen molar-refractivity contribution >= 4 is 39.0 Å². The molecule has 0 radical (unpaired) electrons. The molecule has 0 N–H and O–H groups in total. The average Bonchev–Trinajstić information content (AvgIpc) is 3.04. The normalized spacial score (nSPS) is 11.0. The first-order valence-electron chi connectivity index (χ1n) is 6.33. The van der Waals surface area contributed by atoms with E-state index in [9.17, 15) is 0 Å². The van der Waals surface area contributed by atoms with Crippen molar-refractivity contribution in [2.45, 2.75) is 17.0 Å². The van der Waals surface area contributed by atoms with Crippen molar-refractivity contribution in [1.82, 2.24) is 20.0 Å². The second-order valence-electron chi connectivity index (χ2n) is 4.59. The van der Waals surface area contributed by atoms with Crippen LogP contribution >= 0.6 is 39.0 Å². The predicted octanol–water partition coefficient (Wildman–Crippen LogP) is 4.30. The topological polar surface area (TPSA) is 43.6 Å². The molecule has 0 aliphatic heterocycles. The Balaban J connectivity index is 1.70. The number of nitrogens with zero attached hydrogens (tertiary/aromatic N) is 4. The van der Waals surface area contributed by atoms with E-state index in [0.717, 1.165) is 30.8 Å². The Labute approximate surface area is 139 Å². The molecule has 0 fully saturated rings. The molecule has 3 aromatic rings. The molecule has 0 amide bonds. The summed E-state index contributed by atoms with van der Waals surface area (Å²) in [6, 6.07) is 8.34. The lowest BCUT2D eigenvalue weighted by molar-refractivity contribution is 0.756. The molecule has 3 rings (SSSR count). The summed E-state index contributed by atoms with van der Waals surface area (Å²) >= 11 is 6.77. The zero-order valence-electron chi connectivity index (χ0n) is 11.6. The third-order valence-corrected chi connectivity index (χ3v) is 5.62. The summed E-state index contributed by atoms with van der Waals surface area (Å²) in [6.45, 7) is 1.99. The Morgan fingerprint density at radius 1 is 1.24 bits per heavy atom. The largest absolute Gasteiger partial charge is 0.275 e. The van der Waals surface area contributed by atoms with Gasteiger partial charge in [-0.2, -0.15) is 5.10 Å². The molecule has 2 aromatic heterocycles. The van der Waals surface area contributed by atoms with E-state index in [4.69, 9.17) is 0 Å². The maximum Gasteiger partial charge on any atom is 0.174 e. The molecule has 0 spiro atoms. The second-order valence-corrected chi connectivity index (χ2v) is 7.71. The van der Waals surface area contributed by atoms with Crippen LogP contribution in [-0.4, -0.2) is 20.0 Å². The Hall–Kier alpha value is -1.18. The third kappa shape index (κ3) is 3.53. The summed E-state index contributed by atoms with van der Waals surface area (Å²) < 4.78 is 3.89. The van der Waals surface area contributed by atoms with Crippen LogP contribution in [0.4, 0.5) is 0 Å². The van der Waals surface area contributed by atoms with Crippen molar-refractivity contribution in [3.8, 4) is 10.6 Å². The highest BCUT2D eigenvalue weighted by Gasteiger charge is 2.12. The molecule has 7 heteroatoms. The third-order valence-electron chi connectivity index (χ3n) is 2.93. The first-order chi connectivity index (χ1) is 10.1. The van der Waals surface area contributed by atoms with Crippen molar-refractivity contribution in [3.05, 3.63) is 46.2 Å². The smallest absolute Gasteiger partial charge is 0.174 e. The molecule has 1 aromatic carbocycles. The molecule has 0 saturated carbocycles. The Bertz CT molecular complexity index is 749. The van der Waals surface area contributed by atoms with Crippen molar-refractivity contribution in [1.29, 1.82) is 0 Å². The molecular weight excluding hydrogens is 368 g/mol. The van der Waals surface area contributed by atoms with Gasteiger partial charge in [0, 0.05) is 23.5 Å². The predicted molar refractivity (Wildman–Crippen MR) is 90.6 cm³/mol. The van der Waals surface area contributed by atoms with Crippen LogP contribution in [0.15, 0.2) is 39.3 Å². The second kappa shape index (κ2) is 6.29. The summed E-state index contributed by atoms with van der Waals surface area (Å²) in [4.78, 5) is 0. The fourth-order valence-corrected chi connectivity index (χ4v) is 4.05. The number of halogens is 1. The van der Waals surface area contributed by atoms with Gasteiger partial charge in [-0.05, 0) is 24.6 Å². The minimum atomic E-state index is 0.897. The van der Waals surface area contributed by atoms with Crippen molar-refractivity contribution < 1.29 is 0 Å². The Kier molecular flexibility index (Phi) is 4.42. The van der Waals surface area contributed by atoms with Crippen LogP contribution in [0.3, 0.4) is 0 Å². The summed E-state index contributed by atoms with van der Waals surface area (Å²) in [5, 5.41) is 13.8.